The van der Waals surface area contributed by atoms with E-state index >= 15 is 0 Å². The molecule has 0 amide bonds. The summed E-state index contributed by atoms with van der Waals surface area (Å²) < 4.78 is 40.2. The molecule has 0 radical (unpaired) electrons. The lowest BCUT2D eigenvalue weighted by molar-refractivity contribution is 0.546. The first kappa shape index (κ1) is 10.7. The van der Waals surface area contributed by atoms with Crippen molar-refractivity contribution in [2.45, 2.75) is 0 Å². The van der Waals surface area contributed by atoms with Crippen LogP contribution in [0, 0.1) is 22.2 Å². The Morgan fingerprint density at radius 1 is 1.25 bits per heavy atom. The maximum absolute atomic E-state index is 13.3. The lowest BCUT2D eigenvalue weighted by Crippen LogP contribution is -2.11. The molecule has 1 aromatic carbocycles. The molecule has 2 rings (SSSR count). The lowest BCUT2D eigenvalue weighted by Gasteiger charge is -2.03. The summed E-state index contributed by atoms with van der Waals surface area (Å²) in [6, 6.07) is 1.08. The normalized spacial score (nSPS) is 10.7. The topological polar surface area (TPSA) is 59.6 Å². The van der Waals surface area contributed by atoms with Crippen molar-refractivity contribution in [1.82, 2.24) is 14.9 Å². The van der Waals surface area contributed by atoms with Crippen molar-refractivity contribution >= 4 is 12.2 Å². The molecule has 0 fully saturated rings. The third-order valence-electron chi connectivity index (χ3n) is 1.93. The molecule has 0 atom stereocenters. The number of nitrogens with two attached hydrogens (primary N) is 1. The molecule has 8 heteroatoms. The van der Waals surface area contributed by atoms with E-state index in [0.29, 0.717) is 12.1 Å². The first-order valence-electron chi connectivity index (χ1n) is 4.08. The molecular formula is C8H5F3N4S. The van der Waals surface area contributed by atoms with Crippen LogP contribution in [0.5, 0.6) is 0 Å². The van der Waals surface area contributed by atoms with Crippen molar-refractivity contribution in [3.8, 4) is 11.4 Å². The summed E-state index contributed by atoms with van der Waals surface area (Å²) in [4.78, 5) is 0. The molecule has 0 saturated carbocycles. The summed E-state index contributed by atoms with van der Waals surface area (Å²) in [6.45, 7) is 0. The van der Waals surface area contributed by atoms with Crippen LogP contribution < -0.4 is 5.84 Å². The van der Waals surface area contributed by atoms with Gasteiger partial charge in [-0.2, -0.15) is 5.10 Å². The van der Waals surface area contributed by atoms with Gasteiger partial charge in [-0.1, -0.05) is 0 Å². The van der Waals surface area contributed by atoms with E-state index in [2.05, 4.69) is 22.4 Å². The number of aromatic nitrogens is 3. The van der Waals surface area contributed by atoms with Crippen LogP contribution in [0.3, 0.4) is 0 Å². The summed E-state index contributed by atoms with van der Waals surface area (Å²) >= 11 is 4.69. The molecule has 1 heterocycles. The zero-order chi connectivity index (χ0) is 11.9. The van der Waals surface area contributed by atoms with Gasteiger partial charge in [-0.05, 0) is 12.2 Å². The SMILES string of the molecule is Nn1c(-c2c(F)cc(F)cc2F)n[nH]c1=S. The molecule has 0 bridgehead atoms. The van der Waals surface area contributed by atoms with E-state index in [9.17, 15) is 13.2 Å². The van der Waals surface area contributed by atoms with E-state index in [1.165, 1.54) is 0 Å². The molecular weight excluding hydrogens is 241 g/mol. The van der Waals surface area contributed by atoms with Gasteiger partial charge in [-0.3, -0.25) is 0 Å². The Hall–Kier alpha value is -1.83. The standard InChI is InChI=1S/C8H5F3N4S/c9-3-1-4(10)6(5(11)2-3)7-13-14-8(16)15(7)12/h1-2H,12H2,(H,14,16). The third-order valence-corrected chi connectivity index (χ3v) is 2.22. The monoisotopic (exact) mass is 246 g/mol. The molecule has 0 aliphatic carbocycles. The molecule has 1 aromatic heterocycles. The van der Waals surface area contributed by atoms with Gasteiger partial charge in [0, 0.05) is 12.1 Å². The number of nitrogens with zero attached hydrogens (tertiary/aromatic N) is 2. The first-order chi connectivity index (χ1) is 7.50. The molecule has 3 N–H and O–H groups in total. The van der Waals surface area contributed by atoms with Crippen molar-refractivity contribution in [2.75, 3.05) is 5.84 Å². The Bertz CT molecular complexity index is 581. The summed E-state index contributed by atoms with van der Waals surface area (Å²) in [5.41, 5.74) is -0.531. The minimum Gasteiger partial charge on any atom is -0.335 e. The Kier molecular flexibility index (Phi) is 2.43. The van der Waals surface area contributed by atoms with Gasteiger partial charge in [0.05, 0.1) is 5.56 Å². The summed E-state index contributed by atoms with van der Waals surface area (Å²) in [7, 11) is 0. The van der Waals surface area contributed by atoms with Gasteiger partial charge >= 0.3 is 0 Å². The lowest BCUT2D eigenvalue weighted by atomic mass is 10.2. The Balaban J connectivity index is 2.74. The molecule has 0 saturated heterocycles. The highest BCUT2D eigenvalue weighted by molar-refractivity contribution is 7.71. The molecule has 4 nitrogen and oxygen atoms in total. The molecule has 2 aromatic rings. The van der Waals surface area contributed by atoms with Crippen LogP contribution in [0.2, 0.25) is 0 Å². The minimum atomic E-state index is -1.10. The highest BCUT2D eigenvalue weighted by atomic mass is 32.1. The van der Waals surface area contributed by atoms with Crippen LogP contribution in [0.15, 0.2) is 12.1 Å². The highest BCUT2D eigenvalue weighted by Gasteiger charge is 2.18. The fourth-order valence-electron chi connectivity index (χ4n) is 1.24. The quantitative estimate of drug-likeness (QED) is 0.595. The number of nitrogen functional groups attached to an aromatic ring is 1. The van der Waals surface area contributed by atoms with Gasteiger partial charge in [0.1, 0.15) is 17.5 Å². The average Bonchev–Trinajstić information content (AvgIpc) is 2.48. The number of halogens is 3. The maximum Gasteiger partial charge on any atom is 0.214 e. The number of hydrogen-bond acceptors (Lipinski definition) is 3. The summed E-state index contributed by atoms with van der Waals surface area (Å²) in [5, 5.41) is 5.82. The molecule has 84 valence electrons. The minimum absolute atomic E-state index is 0.00174. The average molecular weight is 246 g/mol. The van der Waals surface area contributed by atoms with E-state index < -0.39 is 23.0 Å². The number of nitrogens with one attached hydrogen (secondary N) is 1. The Morgan fingerprint density at radius 2 is 1.81 bits per heavy atom. The number of aromatic amines is 1. The molecule has 16 heavy (non-hydrogen) atoms. The van der Waals surface area contributed by atoms with Gasteiger partial charge < -0.3 is 5.84 Å². The molecule has 0 unspecified atom stereocenters. The number of rotatable bonds is 1. The van der Waals surface area contributed by atoms with Crippen LogP contribution in [-0.2, 0) is 0 Å². The highest BCUT2D eigenvalue weighted by Crippen LogP contribution is 2.24. The van der Waals surface area contributed by atoms with E-state index in [4.69, 9.17) is 5.84 Å². The van der Waals surface area contributed by atoms with Crippen molar-refractivity contribution in [1.29, 1.82) is 0 Å². The fourth-order valence-corrected chi connectivity index (χ4v) is 1.37. The molecule has 0 aliphatic rings. The van der Waals surface area contributed by atoms with E-state index in [-0.39, 0.29) is 10.6 Å². The summed E-state index contributed by atoms with van der Waals surface area (Å²) in [5.74, 6) is 1.95. The summed E-state index contributed by atoms with van der Waals surface area (Å²) in [6.07, 6.45) is 0. The predicted octanol–water partition coefficient (Wildman–Crippen LogP) is 1.74. The third kappa shape index (κ3) is 1.56. The van der Waals surface area contributed by atoms with Gasteiger partial charge in [0.15, 0.2) is 5.82 Å². The first-order valence-corrected chi connectivity index (χ1v) is 4.49. The van der Waals surface area contributed by atoms with Gasteiger partial charge in [0.25, 0.3) is 0 Å². The van der Waals surface area contributed by atoms with Crippen LogP contribution >= 0.6 is 12.2 Å². The largest absolute Gasteiger partial charge is 0.335 e. The molecule has 0 spiro atoms. The van der Waals surface area contributed by atoms with Crippen molar-refractivity contribution in [3.05, 3.63) is 34.4 Å². The second-order valence-electron chi connectivity index (χ2n) is 2.97. The second-order valence-corrected chi connectivity index (χ2v) is 3.35. The number of benzene rings is 1. The smallest absolute Gasteiger partial charge is 0.214 e. The maximum atomic E-state index is 13.3. The van der Waals surface area contributed by atoms with Gasteiger partial charge in [-0.25, -0.2) is 22.9 Å². The predicted molar refractivity (Wildman–Crippen MR) is 52.9 cm³/mol. The van der Waals surface area contributed by atoms with Crippen LogP contribution in [0.1, 0.15) is 0 Å². The van der Waals surface area contributed by atoms with Gasteiger partial charge in [-0.15, -0.1) is 0 Å². The second kappa shape index (κ2) is 3.63. The number of H-pyrrole nitrogens is 1. The van der Waals surface area contributed by atoms with Crippen LogP contribution in [0.4, 0.5) is 13.2 Å². The van der Waals surface area contributed by atoms with Crippen molar-refractivity contribution in [3.63, 3.8) is 0 Å². The van der Waals surface area contributed by atoms with Crippen molar-refractivity contribution < 1.29 is 13.2 Å². The zero-order valence-electron chi connectivity index (χ0n) is 7.67. The number of hydrogen-bond donors (Lipinski definition) is 2. The Labute approximate surface area is 92.5 Å². The zero-order valence-corrected chi connectivity index (χ0v) is 8.49. The fraction of sp³-hybridized carbons (Fsp3) is 0. The van der Waals surface area contributed by atoms with Gasteiger partial charge in [0.2, 0.25) is 4.77 Å². The van der Waals surface area contributed by atoms with Crippen LogP contribution in [-0.4, -0.2) is 14.9 Å². The van der Waals surface area contributed by atoms with Crippen LogP contribution in [0.25, 0.3) is 11.4 Å². The molecule has 0 aliphatic heterocycles. The van der Waals surface area contributed by atoms with Crippen molar-refractivity contribution in [2.24, 2.45) is 0 Å². The van der Waals surface area contributed by atoms with E-state index in [1.807, 2.05) is 0 Å². The Morgan fingerprint density at radius 3 is 2.25 bits per heavy atom. The van der Waals surface area contributed by atoms with E-state index in [0.717, 1.165) is 4.68 Å². The van der Waals surface area contributed by atoms with E-state index in [1.54, 1.807) is 0 Å².